The highest BCUT2D eigenvalue weighted by Crippen LogP contribution is 2.46. The second-order valence-corrected chi connectivity index (χ2v) is 10.5. The van der Waals surface area contributed by atoms with Crippen LogP contribution in [0.2, 0.25) is 0 Å². The molecule has 8 nitrogen and oxygen atoms in total. The summed E-state index contributed by atoms with van der Waals surface area (Å²) in [5.74, 6) is -3.26. The number of likely N-dealkylation sites (N-methyl/N-ethyl adjacent to an activating group) is 1. The molecule has 1 aromatic heterocycles. The average molecular weight is 520 g/mol. The number of H-pyrrole nitrogens is 1. The summed E-state index contributed by atoms with van der Waals surface area (Å²) in [6.45, 7) is 3.86. The molecular formula is C28H27F2N5O3. The van der Waals surface area contributed by atoms with Gasteiger partial charge in [-0.2, -0.15) is 5.26 Å². The van der Waals surface area contributed by atoms with Gasteiger partial charge in [0.25, 0.3) is 5.91 Å². The zero-order valence-corrected chi connectivity index (χ0v) is 21.2. The Bertz CT molecular complexity index is 1470. The van der Waals surface area contributed by atoms with Gasteiger partial charge in [-0.15, -0.1) is 0 Å². The molecule has 10 heteroatoms. The minimum Gasteiger partial charge on any atom is -0.350 e. The van der Waals surface area contributed by atoms with Crippen molar-refractivity contribution in [2.24, 2.45) is 5.92 Å². The third-order valence-corrected chi connectivity index (χ3v) is 7.58. The van der Waals surface area contributed by atoms with Crippen molar-refractivity contribution < 1.29 is 23.2 Å². The summed E-state index contributed by atoms with van der Waals surface area (Å²) in [4.78, 5) is 46.1. The topological polar surface area (TPSA) is 109 Å². The highest BCUT2D eigenvalue weighted by Gasteiger charge is 2.56. The number of fused-ring (bicyclic) bond motifs is 3. The van der Waals surface area contributed by atoms with Gasteiger partial charge in [0.05, 0.1) is 11.5 Å². The largest absolute Gasteiger partial charge is 0.350 e. The van der Waals surface area contributed by atoms with Gasteiger partial charge in [0.1, 0.15) is 17.8 Å². The summed E-state index contributed by atoms with van der Waals surface area (Å²) in [6, 6.07) is 11.0. The molecule has 196 valence electrons. The number of amides is 3. The Morgan fingerprint density at radius 3 is 2.63 bits per heavy atom. The third kappa shape index (κ3) is 3.99. The van der Waals surface area contributed by atoms with Crippen LogP contribution < -0.4 is 5.32 Å². The maximum atomic E-state index is 14.0. The predicted octanol–water partition coefficient (Wildman–Crippen LogP) is 3.95. The van der Waals surface area contributed by atoms with Crippen LogP contribution in [0, 0.1) is 28.9 Å². The van der Waals surface area contributed by atoms with Gasteiger partial charge in [0, 0.05) is 42.7 Å². The van der Waals surface area contributed by atoms with Crippen molar-refractivity contribution in [3.8, 4) is 6.07 Å². The lowest BCUT2D eigenvalue weighted by molar-refractivity contribution is -0.136. The van der Waals surface area contributed by atoms with Crippen molar-refractivity contribution >= 4 is 34.3 Å². The first-order valence-corrected chi connectivity index (χ1v) is 12.4. The summed E-state index contributed by atoms with van der Waals surface area (Å²) in [5, 5.41) is 13.1. The molecule has 0 radical (unpaired) electrons. The number of aromatic nitrogens is 1. The fourth-order valence-electron chi connectivity index (χ4n) is 5.62. The monoisotopic (exact) mass is 519 g/mol. The summed E-state index contributed by atoms with van der Waals surface area (Å²) < 4.78 is 27.4. The number of nitriles is 1. The quantitative estimate of drug-likeness (QED) is 0.532. The molecule has 3 aromatic rings. The summed E-state index contributed by atoms with van der Waals surface area (Å²) in [5.41, 5.74) is 0.712. The maximum Gasteiger partial charge on any atom is 0.270 e. The lowest BCUT2D eigenvalue weighted by atomic mass is 9.80. The Morgan fingerprint density at radius 2 is 1.92 bits per heavy atom. The Morgan fingerprint density at radius 1 is 1.21 bits per heavy atom. The molecule has 2 N–H and O–H groups in total. The number of carbonyl (C=O) groups excluding carboxylic acids is 3. The van der Waals surface area contributed by atoms with Gasteiger partial charge in [-0.3, -0.25) is 14.4 Å². The molecule has 2 aliphatic rings. The lowest BCUT2D eigenvalue weighted by Gasteiger charge is -2.33. The van der Waals surface area contributed by atoms with Crippen LogP contribution in [-0.4, -0.2) is 58.2 Å². The van der Waals surface area contributed by atoms with E-state index >= 15 is 0 Å². The van der Waals surface area contributed by atoms with E-state index in [9.17, 15) is 28.4 Å². The van der Waals surface area contributed by atoms with Gasteiger partial charge >= 0.3 is 0 Å². The van der Waals surface area contributed by atoms with Crippen molar-refractivity contribution in [1.29, 1.82) is 5.26 Å². The van der Waals surface area contributed by atoms with E-state index in [0.717, 1.165) is 17.7 Å². The smallest absolute Gasteiger partial charge is 0.270 e. The number of nitrogens with zero attached hydrogens (tertiary/aromatic N) is 3. The first kappa shape index (κ1) is 25.4. The summed E-state index contributed by atoms with van der Waals surface area (Å²) in [7, 11) is 1.49. The van der Waals surface area contributed by atoms with Crippen molar-refractivity contribution in [2.45, 2.75) is 44.2 Å². The Labute approximate surface area is 218 Å². The molecule has 1 fully saturated rings. The van der Waals surface area contributed by atoms with Crippen LogP contribution in [0.3, 0.4) is 0 Å². The van der Waals surface area contributed by atoms with Gasteiger partial charge < -0.3 is 20.1 Å². The molecule has 38 heavy (non-hydrogen) atoms. The van der Waals surface area contributed by atoms with Crippen LogP contribution in [0.5, 0.6) is 0 Å². The van der Waals surface area contributed by atoms with Crippen LogP contribution in [0.25, 0.3) is 10.9 Å². The molecule has 0 bridgehead atoms. The number of nitrogens with one attached hydrogen (secondary N) is 2. The van der Waals surface area contributed by atoms with Crippen LogP contribution in [0.15, 0.2) is 42.5 Å². The number of carbonyl (C=O) groups is 3. The number of anilines is 1. The zero-order valence-electron chi connectivity index (χ0n) is 21.2. The molecule has 3 amide bonds. The number of benzene rings is 2. The van der Waals surface area contributed by atoms with E-state index in [1.807, 2.05) is 32.0 Å². The molecule has 3 atom stereocenters. The third-order valence-electron chi connectivity index (χ3n) is 7.58. The van der Waals surface area contributed by atoms with Gasteiger partial charge in [-0.05, 0) is 36.1 Å². The molecule has 0 unspecified atom stereocenters. The van der Waals surface area contributed by atoms with Gasteiger partial charge in [-0.1, -0.05) is 32.0 Å². The van der Waals surface area contributed by atoms with Gasteiger partial charge in [-0.25, -0.2) is 8.78 Å². The Balaban J connectivity index is 1.46. The predicted molar refractivity (Wildman–Crippen MR) is 136 cm³/mol. The second-order valence-electron chi connectivity index (χ2n) is 10.5. The number of halogens is 2. The molecule has 0 aliphatic carbocycles. The number of rotatable bonds is 5. The second kappa shape index (κ2) is 9.24. The van der Waals surface area contributed by atoms with Crippen LogP contribution in [-0.2, 0) is 15.0 Å². The number of hydrogen-bond donors (Lipinski definition) is 2. The molecule has 1 spiro atoms. The van der Waals surface area contributed by atoms with E-state index in [1.54, 1.807) is 6.07 Å². The number of para-hydroxylation sites is 1. The minimum atomic E-state index is -1.04. The Kier molecular flexibility index (Phi) is 6.18. The van der Waals surface area contributed by atoms with Crippen LogP contribution in [0.1, 0.15) is 42.7 Å². The van der Waals surface area contributed by atoms with E-state index in [1.165, 1.54) is 22.9 Å². The fraction of sp³-hybridized carbons (Fsp3) is 0.357. The summed E-state index contributed by atoms with van der Waals surface area (Å²) >= 11 is 0. The van der Waals surface area contributed by atoms with Crippen molar-refractivity contribution in [1.82, 2.24) is 14.8 Å². The molecule has 5 rings (SSSR count). The van der Waals surface area contributed by atoms with E-state index in [4.69, 9.17) is 0 Å². The summed E-state index contributed by atoms with van der Waals surface area (Å²) in [6.07, 6.45) is 0.471. The standard InChI is InChI=1S/C28H27F2N5O3/c1-15(2)8-24(34(3)25(36)23-10-16-9-19(29)20(30)11-22(16)32-23)26(37)35-14-28(12-17(35)13-31)18-6-4-5-7-21(18)33-27(28)38/h4-7,9-11,15,17,24,32H,8,12,14H2,1-3H3,(H,33,38)/t17-,24-,28-/m0/s1. The van der Waals surface area contributed by atoms with E-state index in [-0.39, 0.29) is 36.0 Å². The number of hydrogen-bond acceptors (Lipinski definition) is 4. The molecule has 3 heterocycles. The molecule has 2 aliphatic heterocycles. The first-order chi connectivity index (χ1) is 18.1. The van der Waals surface area contributed by atoms with Crippen molar-refractivity contribution in [3.63, 3.8) is 0 Å². The van der Waals surface area contributed by atoms with E-state index in [0.29, 0.717) is 17.5 Å². The lowest BCUT2D eigenvalue weighted by Crippen LogP contribution is -2.52. The highest BCUT2D eigenvalue weighted by atomic mass is 19.2. The van der Waals surface area contributed by atoms with E-state index in [2.05, 4.69) is 16.4 Å². The van der Waals surface area contributed by atoms with Crippen molar-refractivity contribution in [2.75, 3.05) is 18.9 Å². The SMILES string of the molecule is CC(C)C[C@@H](C(=O)N1C[C@]2(C[C@H]1C#N)C(=O)Nc1ccccc12)N(C)C(=O)c1cc2cc(F)c(F)cc2[nH]1. The highest BCUT2D eigenvalue weighted by molar-refractivity contribution is 6.07. The average Bonchev–Trinajstić information content (AvgIpc) is 3.56. The van der Waals surface area contributed by atoms with Crippen LogP contribution in [0.4, 0.5) is 14.5 Å². The first-order valence-electron chi connectivity index (χ1n) is 12.4. The molecular weight excluding hydrogens is 492 g/mol. The molecule has 2 aromatic carbocycles. The normalized spacial score (nSPS) is 21.0. The van der Waals surface area contributed by atoms with Crippen LogP contribution >= 0.6 is 0 Å². The Hall–Kier alpha value is -4.26. The zero-order chi connectivity index (χ0) is 27.4. The van der Waals surface area contributed by atoms with Gasteiger partial charge in [0.15, 0.2) is 11.6 Å². The van der Waals surface area contributed by atoms with Crippen molar-refractivity contribution in [3.05, 3.63) is 65.4 Å². The van der Waals surface area contributed by atoms with Gasteiger partial charge in [0.2, 0.25) is 11.8 Å². The number of aromatic amines is 1. The fourth-order valence-corrected chi connectivity index (χ4v) is 5.62. The molecule has 1 saturated heterocycles. The number of likely N-dealkylation sites (tertiary alicyclic amines) is 1. The minimum absolute atomic E-state index is 0.0223. The molecule has 0 saturated carbocycles. The maximum absolute atomic E-state index is 14.0. The van der Waals surface area contributed by atoms with E-state index < -0.39 is 40.9 Å².